The first kappa shape index (κ1) is 16.0. The number of aromatic nitrogens is 4. The molecule has 0 amide bonds. The molecule has 5 heteroatoms. The Labute approximate surface area is 167 Å². The molecule has 0 saturated heterocycles. The van der Waals surface area contributed by atoms with Crippen LogP contribution in [0.1, 0.15) is 5.69 Å². The quantitative estimate of drug-likeness (QED) is 0.429. The zero-order valence-electron chi connectivity index (χ0n) is 15.6. The number of hydrogen-bond donors (Lipinski definition) is 0. The normalized spacial score (nSPS) is 12.6. The van der Waals surface area contributed by atoms with E-state index in [0.29, 0.717) is 0 Å². The van der Waals surface area contributed by atoms with Crippen LogP contribution in [0.2, 0.25) is 0 Å². The molecular weight excluding hydrogens is 358 g/mol. The Hall–Kier alpha value is -3.99. The molecule has 0 bridgehead atoms. The number of rotatable bonds is 2. The Morgan fingerprint density at radius 3 is 2.55 bits per heavy atom. The van der Waals surface area contributed by atoms with Gasteiger partial charge in [0.05, 0.1) is 29.1 Å². The summed E-state index contributed by atoms with van der Waals surface area (Å²) >= 11 is 0. The van der Waals surface area contributed by atoms with Crippen LogP contribution in [0.3, 0.4) is 0 Å². The van der Waals surface area contributed by atoms with Crippen molar-refractivity contribution < 1.29 is 0 Å². The average Bonchev–Trinajstić information content (AvgIpc) is 3.27. The predicted molar refractivity (Wildman–Crippen MR) is 114 cm³/mol. The summed E-state index contributed by atoms with van der Waals surface area (Å²) in [6.07, 6.45) is 7.54. The minimum atomic E-state index is 0.751. The maximum absolute atomic E-state index is 5.10. The van der Waals surface area contributed by atoms with Gasteiger partial charge in [0.1, 0.15) is 5.82 Å². The number of pyridine rings is 3. The fraction of sp³-hybridized carbons (Fsp3) is 0.0417. The molecule has 0 radical (unpaired) electrons. The summed E-state index contributed by atoms with van der Waals surface area (Å²) in [5, 5.41) is 1.04. The monoisotopic (exact) mass is 375 g/mol. The number of anilines is 2. The molecule has 0 N–H and O–H groups in total. The van der Waals surface area contributed by atoms with E-state index in [9.17, 15) is 0 Å². The van der Waals surface area contributed by atoms with Gasteiger partial charge in [-0.25, -0.2) is 4.98 Å². The van der Waals surface area contributed by atoms with Crippen molar-refractivity contribution in [3.63, 3.8) is 0 Å². The Morgan fingerprint density at radius 2 is 1.66 bits per heavy atom. The third-order valence-corrected chi connectivity index (χ3v) is 5.40. The molecule has 4 aromatic heterocycles. The third-order valence-electron chi connectivity index (χ3n) is 5.40. The van der Waals surface area contributed by atoms with Gasteiger partial charge in [-0.15, -0.1) is 0 Å². The summed E-state index contributed by atoms with van der Waals surface area (Å²) in [7, 11) is 0. The predicted octanol–water partition coefficient (Wildman–Crippen LogP) is 5.13. The largest absolute Gasteiger partial charge is 0.318 e. The smallest absolute Gasteiger partial charge is 0.143 e. The van der Waals surface area contributed by atoms with E-state index in [-0.39, 0.29) is 0 Å². The zero-order valence-corrected chi connectivity index (χ0v) is 15.6. The van der Waals surface area contributed by atoms with Crippen molar-refractivity contribution in [2.45, 2.75) is 6.54 Å². The van der Waals surface area contributed by atoms with Gasteiger partial charge in [-0.05, 0) is 54.6 Å². The lowest BCUT2D eigenvalue weighted by Gasteiger charge is -2.32. The van der Waals surface area contributed by atoms with E-state index >= 15 is 0 Å². The van der Waals surface area contributed by atoms with Crippen LogP contribution in [-0.2, 0) is 6.54 Å². The van der Waals surface area contributed by atoms with Gasteiger partial charge in [-0.3, -0.25) is 9.97 Å². The minimum Gasteiger partial charge on any atom is -0.318 e. The molecule has 0 atom stereocenters. The number of hydrogen-bond acceptors (Lipinski definition) is 4. The van der Waals surface area contributed by atoms with E-state index in [2.05, 4.69) is 68.1 Å². The first-order valence-corrected chi connectivity index (χ1v) is 9.58. The molecule has 0 unspecified atom stereocenters. The lowest BCUT2D eigenvalue weighted by atomic mass is 10.1. The standard InChI is InChI=1S/C24H17N5/c1-2-8-23-22(7-1)28-14-4-5-18(28)16-29(23)24-19-6-3-11-26-21(19)15-20(27-24)17-9-12-25-13-10-17/h1-15H,16H2. The van der Waals surface area contributed by atoms with Gasteiger partial charge in [-0.1, -0.05) is 12.1 Å². The van der Waals surface area contributed by atoms with Gasteiger partial charge < -0.3 is 9.47 Å². The van der Waals surface area contributed by atoms with Crippen LogP contribution < -0.4 is 4.90 Å². The van der Waals surface area contributed by atoms with Crippen LogP contribution in [0.4, 0.5) is 11.5 Å². The van der Waals surface area contributed by atoms with Crippen LogP contribution in [0, 0.1) is 0 Å². The summed E-state index contributed by atoms with van der Waals surface area (Å²) in [6, 6.07) is 22.8. The van der Waals surface area contributed by atoms with Crippen LogP contribution >= 0.6 is 0 Å². The summed E-state index contributed by atoms with van der Waals surface area (Å²) in [5.41, 5.74) is 6.39. The summed E-state index contributed by atoms with van der Waals surface area (Å²) in [6.45, 7) is 0.751. The van der Waals surface area contributed by atoms with E-state index in [1.54, 1.807) is 12.4 Å². The van der Waals surface area contributed by atoms with Crippen LogP contribution in [0.15, 0.2) is 91.5 Å². The molecule has 1 aliphatic rings. The summed E-state index contributed by atoms with van der Waals surface area (Å²) < 4.78 is 2.25. The Bertz CT molecular complexity index is 1340. The number of benzene rings is 1. The van der Waals surface area contributed by atoms with Crippen molar-refractivity contribution in [1.29, 1.82) is 0 Å². The van der Waals surface area contributed by atoms with Gasteiger partial charge in [0.2, 0.25) is 0 Å². The highest BCUT2D eigenvalue weighted by Gasteiger charge is 2.25. The average molecular weight is 375 g/mol. The minimum absolute atomic E-state index is 0.751. The zero-order chi connectivity index (χ0) is 19.2. The second-order valence-electron chi connectivity index (χ2n) is 7.08. The van der Waals surface area contributed by atoms with Crippen molar-refractivity contribution in [3.8, 4) is 16.9 Å². The van der Waals surface area contributed by atoms with Crippen LogP contribution in [0.25, 0.3) is 27.8 Å². The molecule has 0 spiro atoms. The van der Waals surface area contributed by atoms with Gasteiger partial charge >= 0.3 is 0 Å². The maximum Gasteiger partial charge on any atom is 0.143 e. The third kappa shape index (κ3) is 2.51. The lowest BCUT2D eigenvalue weighted by molar-refractivity contribution is 0.825. The van der Waals surface area contributed by atoms with Crippen molar-refractivity contribution >= 4 is 22.4 Å². The fourth-order valence-corrected chi connectivity index (χ4v) is 4.05. The molecule has 0 saturated carbocycles. The summed E-state index contributed by atoms with van der Waals surface area (Å²) in [4.78, 5) is 16.2. The number of fused-ring (bicyclic) bond motifs is 4. The summed E-state index contributed by atoms with van der Waals surface area (Å²) in [5.74, 6) is 0.919. The first-order chi connectivity index (χ1) is 14.4. The molecule has 1 aromatic carbocycles. The van der Waals surface area contributed by atoms with Crippen molar-refractivity contribution in [3.05, 3.63) is 97.2 Å². The molecular formula is C24H17N5. The van der Waals surface area contributed by atoms with Crippen molar-refractivity contribution in [2.24, 2.45) is 0 Å². The van der Waals surface area contributed by atoms with Crippen LogP contribution in [-0.4, -0.2) is 19.5 Å². The molecule has 5 nitrogen and oxygen atoms in total. The molecule has 1 aliphatic heterocycles. The number of nitrogens with zero attached hydrogens (tertiary/aromatic N) is 5. The Balaban J connectivity index is 1.62. The molecule has 0 fully saturated rings. The second kappa shape index (κ2) is 6.27. The van der Waals surface area contributed by atoms with Crippen molar-refractivity contribution in [1.82, 2.24) is 19.5 Å². The molecule has 6 rings (SSSR count). The highest BCUT2D eigenvalue weighted by atomic mass is 15.2. The fourth-order valence-electron chi connectivity index (χ4n) is 4.05. The Kier molecular flexibility index (Phi) is 3.46. The van der Waals surface area contributed by atoms with Gasteiger partial charge in [0.25, 0.3) is 0 Å². The van der Waals surface area contributed by atoms with Gasteiger partial charge in [-0.2, -0.15) is 0 Å². The first-order valence-electron chi connectivity index (χ1n) is 9.58. The van der Waals surface area contributed by atoms with Gasteiger partial charge in [0, 0.05) is 41.4 Å². The second-order valence-corrected chi connectivity index (χ2v) is 7.08. The lowest BCUT2D eigenvalue weighted by Crippen LogP contribution is -2.25. The van der Waals surface area contributed by atoms with E-state index in [4.69, 9.17) is 4.98 Å². The van der Waals surface area contributed by atoms with E-state index in [1.165, 1.54) is 5.69 Å². The molecule has 0 aliphatic carbocycles. The van der Waals surface area contributed by atoms with E-state index in [0.717, 1.165) is 45.9 Å². The van der Waals surface area contributed by atoms with E-state index < -0.39 is 0 Å². The number of para-hydroxylation sites is 2. The topological polar surface area (TPSA) is 46.8 Å². The molecule has 29 heavy (non-hydrogen) atoms. The SMILES string of the molecule is c1ccc2c(c1)N(c1nc(-c3ccncc3)cc3ncccc13)Cc1cccn1-2. The Morgan fingerprint density at radius 1 is 0.793 bits per heavy atom. The van der Waals surface area contributed by atoms with Gasteiger partial charge in [0.15, 0.2) is 0 Å². The van der Waals surface area contributed by atoms with E-state index in [1.807, 2.05) is 30.5 Å². The highest BCUT2D eigenvalue weighted by Crippen LogP contribution is 2.40. The molecule has 5 aromatic rings. The van der Waals surface area contributed by atoms with Crippen molar-refractivity contribution in [2.75, 3.05) is 4.90 Å². The maximum atomic E-state index is 5.10. The molecule has 138 valence electrons. The van der Waals surface area contributed by atoms with Crippen LogP contribution in [0.5, 0.6) is 0 Å². The highest BCUT2D eigenvalue weighted by molar-refractivity contribution is 5.95. The molecule has 5 heterocycles.